The second-order valence-corrected chi connectivity index (χ2v) is 5.23. The van der Waals surface area contributed by atoms with Crippen molar-refractivity contribution in [2.75, 3.05) is 5.32 Å². The van der Waals surface area contributed by atoms with Crippen molar-refractivity contribution in [3.8, 4) is 0 Å². The molecule has 0 radical (unpaired) electrons. The average molecular weight is 264 g/mol. The van der Waals surface area contributed by atoms with Crippen LogP contribution in [0.1, 0.15) is 33.3 Å². The predicted octanol–water partition coefficient (Wildman–Crippen LogP) is 2.67. The number of hydrogen-bond donors (Lipinski definition) is 2. The lowest BCUT2D eigenvalue weighted by molar-refractivity contribution is -0.119. The third-order valence-corrected chi connectivity index (χ3v) is 2.14. The smallest absolute Gasteiger partial charge is 0.412 e. The molecule has 0 bridgehead atoms. The zero-order valence-corrected chi connectivity index (χ0v) is 11.7. The molecule has 5 heteroatoms. The van der Waals surface area contributed by atoms with Crippen molar-refractivity contribution < 1.29 is 14.3 Å². The standard InChI is InChI=1S/C14H20N2O3/c1-10(17)15-9-11-5-7-12(8-6-11)16-13(18)19-14(2,3)4/h5-8H,9H2,1-4H3,(H,15,17)(H,16,18). The molecule has 2 N–H and O–H groups in total. The van der Waals surface area contributed by atoms with Crippen molar-refractivity contribution >= 4 is 17.7 Å². The molecule has 0 aliphatic heterocycles. The molecule has 2 amide bonds. The molecular weight excluding hydrogens is 244 g/mol. The Morgan fingerprint density at radius 3 is 2.21 bits per heavy atom. The molecule has 5 nitrogen and oxygen atoms in total. The predicted molar refractivity (Wildman–Crippen MR) is 73.8 cm³/mol. The quantitative estimate of drug-likeness (QED) is 0.882. The molecule has 104 valence electrons. The number of amides is 2. The minimum absolute atomic E-state index is 0.0732. The number of ether oxygens (including phenoxy) is 1. The summed E-state index contributed by atoms with van der Waals surface area (Å²) in [7, 11) is 0. The Balaban J connectivity index is 2.52. The second-order valence-electron chi connectivity index (χ2n) is 5.23. The molecule has 0 aliphatic rings. The maximum atomic E-state index is 11.5. The van der Waals surface area contributed by atoms with Gasteiger partial charge in [0.05, 0.1) is 0 Å². The first kappa shape index (κ1) is 15.0. The molecule has 0 atom stereocenters. The molecule has 0 spiro atoms. The van der Waals surface area contributed by atoms with Crippen molar-refractivity contribution in [1.82, 2.24) is 5.32 Å². The van der Waals surface area contributed by atoms with E-state index < -0.39 is 11.7 Å². The number of anilines is 1. The zero-order chi connectivity index (χ0) is 14.5. The van der Waals surface area contributed by atoms with Gasteiger partial charge in [-0.15, -0.1) is 0 Å². The molecule has 1 aromatic carbocycles. The minimum Gasteiger partial charge on any atom is -0.444 e. The third-order valence-electron chi connectivity index (χ3n) is 2.14. The lowest BCUT2D eigenvalue weighted by Gasteiger charge is -2.19. The Bertz CT molecular complexity index is 447. The summed E-state index contributed by atoms with van der Waals surface area (Å²) in [5.41, 5.74) is 1.10. The fourth-order valence-corrected chi connectivity index (χ4v) is 1.35. The Kier molecular flexibility index (Phi) is 4.92. The van der Waals surface area contributed by atoms with E-state index in [2.05, 4.69) is 10.6 Å². The molecule has 1 rings (SSSR count). The van der Waals surface area contributed by atoms with Crippen molar-refractivity contribution in [2.45, 2.75) is 39.8 Å². The van der Waals surface area contributed by atoms with E-state index in [9.17, 15) is 9.59 Å². The van der Waals surface area contributed by atoms with E-state index in [0.29, 0.717) is 12.2 Å². The van der Waals surface area contributed by atoms with Crippen LogP contribution in [0.25, 0.3) is 0 Å². The van der Waals surface area contributed by atoms with Crippen molar-refractivity contribution in [3.05, 3.63) is 29.8 Å². The van der Waals surface area contributed by atoms with Crippen LogP contribution in [0.3, 0.4) is 0 Å². The summed E-state index contributed by atoms with van der Waals surface area (Å²) in [6.07, 6.45) is -0.484. The summed E-state index contributed by atoms with van der Waals surface area (Å²) in [6, 6.07) is 7.20. The molecule has 0 heterocycles. The molecule has 0 saturated heterocycles. The van der Waals surface area contributed by atoms with Gasteiger partial charge >= 0.3 is 6.09 Å². The van der Waals surface area contributed by atoms with Gasteiger partial charge in [0.25, 0.3) is 0 Å². The maximum absolute atomic E-state index is 11.5. The molecule has 0 aliphatic carbocycles. The van der Waals surface area contributed by atoms with Gasteiger partial charge in [-0.25, -0.2) is 4.79 Å². The molecular formula is C14H20N2O3. The first-order valence-corrected chi connectivity index (χ1v) is 6.09. The lowest BCUT2D eigenvalue weighted by Crippen LogP contribution is -2.27. The van der Waals surface area contributed by atoms with Crippen LogP contribution in [0, 0.1) is 0 Å². The van der Waals surface area contributed by atoms with Crippen LogP contribution in [-0.4, -0.2) is 17.6 Å². The Morgan fingerprint density at radius 2 is 1.74 bits per heavy atom. The normalized spacial score (nSPS) is 10.7. The van der Waals surface area contributed by atoms with Crippen molar-refractivity contribution in [3.63, 3.8) is 0 Å². The van der Waals surface area contributed by atoms with Gasteiger partial charge in [0, 0.05) is 19.2 Å². The monoisotopic (exact) mass is 264 g/mol. The highest BCUT2D eigenvalue weighted by Gasteiger charge is 2.15. The van der Waals surface area contributed by atoms with Gasteiger partial charge in [-0.05, 0) is 38.5 Å². The topological polar surface area (TPSA) is 67.4 Å². The number of hydrogen-bond acceptors (Lipinski definition) is 3. The van der Waals surface area contributed by atoms with E-state index in [1.807, 2.05) is 32.9 Å². The van der Waals surface area contributed by atoms with E-state index in [-0.39, 0.29) is 5.91 Å². The van der Waals surface area contributed by atoms with Gasteiger partial charge < -0.3 is 10.1 Å². The maximum Gasteiger partial charge on any atom is 0.412 e. The van der Waals surface area contributed by atoms with Crippen LogP contribution in [0.5, 0.6) is 0 Å². The minimum atomic E-state index is -0.518. The van der Waals surface area contributed by atoms with Gasteiger partial charge in [-0.2, -0.15) is 0 Å². The second kappa shape index (κ2) is 6.22. The summed E-state index contributed by atoms with van der Waals surface area (Å²) < 4.78 is 5.14. The number of benzene rings is 1. The average Bonchev–Trinajstić information content (AvgIpc) is 2.25. The van der Waals surface area contributed by atoms with E-state index in [1.54, 1.807) is 12.1 Å². The number of nitrogens with one attached hydrogen (secondary N) is 2. The van der Waals surface area contributed by atoms with E-state index >= 15 is 0 Å². The van der Waals surface area contributed by atoms with Crippen LogP contribution in [0.15, 0.2) is 24.3 Å². The SMILES string of the molecule is CC(=O)NCc1ccc(NC(=O)OC(C)(C)C)cc1. The van der Waals surface area contributed by atoms with Gasteiger partial charge in [-0.1, -0.05) is 12.1 Å². The molecule has 1 aromatic rings. The van der Waals surface area contributed by atoms with Crippen LogP contribution in [0.2, 0.25) is 0 Å². The van der Waals surface area contributed by atoms with E-state index in [1.165, 1.54) is 6.92 Å². The van der Waals surface area contributed by atoms with Crippen LogP contribution >= 0.6 is 0 Å². The molecule has 0 unspecified atom stereocenters. The van der Waals surface area contributed by atoms with Gasteiger partial charge in [0.15, 0.2) is 0 Å². The highest BCUT2D eigenvalue weighted by Crippen LogP contribution is 2.12. The highest BCUT2D eigenvalue weighted by atomic mass is 16.6. The Labute approximate surface area is 113 Å². The summed E-state index contributed by atoms with van der Waals surface area (Å²) >= 11 is 0. The summed E-state index contributed by atoms with van der Waals surface area (Å²) in [5, 5.41) is 5.34. The fourth-order valence-electron chi connectivity index (χ4n) is 1.35. The molecule has 0 fully saturated rings. The highest BCUT2D eigenvalue weighted by molar-refractivity contribution is 5.84. The first-order chi connectivity index (χ1) is 8.76. The third kappa shape index (κ3) is 6.45. The molecule has 0 saturated carbocycles. The van der Waals surface area contributed by atoms with Crippen molar-refractivity contribution in [1.29, 1.82) is 0 Å². The summed E-state index contributed by atoms with van der Waals surface area (Å²) in [4.78, 5) is 22.3. The van der Waals surface area contributed by atoms with Gasteiger partial charge in [-0.3, -0.25) is 10.1 Å². The van der Waals surface area contributed by atoms with Crippen LogP contribution in [0.4, 0.5) is 10.5 Å². The van der Waals surface area contributed by atoms with Gasteiger partial charge in [0.2, 0.25) is 5.91 Å². The van der Waals surface area contributed by atoms with Crippen LogP contribution < -0.4 is 10.6 Å². The number of carbonyl (C=O) groups is 2. The van der Waals surface area contributed by atoms with E-state index in [0.717, 1.165) is 5.56 Å². The Hall–Kier alpha value is -2.04. The fraction of sp³-hybridized carbons (Fsp3) is 0.429. The largest absolute Gasteiger partial charge is 0.444 e. The van der Waals surface area contributed by atoms with Crippen LogP contribution in [-0.2, 0) is 16.1 Å². The Morgan fingerprint density at radius 1 is 1.16 bits per heavy atom. The molecule has 0 aromatic heterocycles. The number of carbonyl (C=O) groups excluding carboxylic acids is 2. The number of rotatable bonds is 3. The first-order valence-electron chi connectivity index (χ1n) is 6.09. The van der Waals surface area contributed by atoms with Crippen molar-refractivity contribution in [2.24, 2.45) is 0 Å². The molecule has 19 heavy (non-hydrogen) atoms. The lowest BCUT2D eigenvalue weighted by atomic mass is 10.2. The van der Waals surface area contributed by atoms with E-state index in [4.69, 9.17) is 4.74 Å². The zero-order valence-electron chi connectivity index (χ0n) is 11.7. The summed E-state index contributed by atoms with van der Waals surface area (Å²) in [5.74, 6) is -0.0732. The summed E-state index contributed by atoms with van der Waals surface area (Å²) in [6.45, 7) is 7.37. The van der Waals surface area contributed by atoms with Gasteiger partial charge in [0.1, 0.15) is 5.60 Å².